The average Bonchev–Trinajstić information content (AvgIpc) is 2.31. The molecule has 0 saturated carbocycles. The second-order valence-electron chi connectivity index (χ2n) is 5.09. The zero-order valence-corrected chi connectivity index (χ0v) is 10.9. The number of nitrogens with two attached hydrogens (primary N) is 1. The number of piperidine rings is 1. The Labute approximate surface area is 105 Å². The predicted octanol–water partition coefficient (Wildman–Crippen LogP) is 1.51. The van der Waals surface area contributed by atoms with Crippen LogP contribution in [-0.2, 0) is 4.74 Å². The third-order valence-electron chi connectivity index (χ3n) is 3.71. The lowest BCUT2D eigenvalue weighted by Crippen LogP contribution is -2.42. The highest BCUT2D eigenvalue weighted by molar-refractivity contribution is 5.85. The quantitative estimate of drug-likeness (QED) is 0.823. The van der Waals surface area contributed by atoms with Crippen LogP contribution in [0.1, 0.15) is 25.7 Å². The molecule has 2 rings (SSSR count). The van der Waals surface area contributed by atoms with Crippen LogP contribution in [-0.4, -0.2) is 44.3 Å². The van der Waals surface area contributed by atoms with Crippen molar-refractivity contribution in [2.75, 3.05) is 39.4 Å². The molecule has 4 heteroatoms. The second kappa shape index (κ2) is 7.49. The zero-order valence-electron chi connectivity index (χ0n) is 10.1. The van der Waals surface area contributed by atoms with Gasteiger partial charge < -0.3 is 15.4 Å². The van der Waals surface area contributed by atoms with E-state index in [1.54, 1.807) is 0 Å². The number of hydrogen-bond acceptors (Lipinski definition) is 3. The van der Waals surface area contributed by atoms with Gasteiger partial charge in [0.2, 0.25) is 0 Å². The lowest BCUT2D eigenvalue weighted by Gasteiger charge is -2.35. The lowest BCUT2D eigenvalue weighted by atomic mass is 9.95. The fraction of sp³-hybridized carbons (Fsp3) is 1.00. The maximum absolute atomic E-state index is 5.75. The van der Waals surface area contributed by atoms with Crippen LogP contribution in [0.25, 0.3) is 0 Å². The molecule has 2 aliphatic heterocycles. The van der Waals surface area contributed by atoms with Crippen molar-refractivity contribution in [2.24, 2.45) is 17.6 Å². The van der Waals surface area contributed by atoms with Gasteiger partial charge in [0.25, 0.3) is 0 Å². The molecule has 2 heterocycles. The van der Waals surface area contributed by atoms with E-state index < -0.39 is 0 Å². The molecule has 3 nitrogen and oxygen atoms in total. The Morgan fingerprint density at radius 1 is 1.19 bits per heavy atom. The minimum absolute atomic E-state index is 0. The molecule has 2 saturated heterocycles. The summed E-state index contributed by atoms with van der Waals surface area (Å²) in [6.07, 6.45) is 5.26. The Morgan fingerprint density at radius 3 is 2.69 bits per heavy atom. The first-order valence-corrected chi connectivity index (χ1v) is 6.38. The lowest BCUT2D eigenvalue weighted by molar-refractivity contribution is 0.0315. The van der Waals surface area contributed by atoms with Crippen LogP contribution in [0, 0.1) is 11.8 Å². The molecular formula is C12H25ClN2O. The first-order chi connectivity index (χ1) is 7.38. The zero-order chi connectivity index (χ0) is 10.5. The van der Waals surface area contributed by atoms with E-state index in [1.165, 1.54) is 45.3 Å². The molecule has 2 aliphatic rings. The van der Waals surface area contributed by atoms with Crippen molar-refractivity contribution in [3.8, 4) is 0 Å². The van der Waals surface area contributed by atoms with E-state index in [0.29, 0.717) is 0 Å². The van der Waals surface area contributed by atoms with Crippen molar-refractivity contribution in [1.82, 2.24) is 4.90 Å². The van der Waals surface area contributed by atoms with Crippen molar-refractivity contribution >= 4 is 12.4 Å². The Kier molecular flexibility index (Phi) is 6.66. The average molecular weight is 249 g/mol. The Morgan fingerprint density at radius 2 is 2.00 bits per heavy atom. The molecule has 0 aromatic heterocycles. The highest BCUT2D eigenvalue weighted by atomic mass is 35.5. The molecule has 2 atom stereocenters. The summed E-state index contributed by atoms with van der Waals surface area (Å²) in [6, 6.07) is 0. The van der Waals surface area contributed by atoms with Gasteiger partial charge in [0, 0.05) is 19.7 Å². The van der Waals surface area contributed by atoms with Crippen LogP contribution >= 0.6 is 12.4 Å². The summed E-state index contributed by atoms with van der Waals surface area (Å²) in [5.41, 5.74) is 5.75. The summed E-state index contributed by atoms with van der Waals surface area (Å²) in [5, 5.41) is 0. The molecule has 0 spiro atoms. The molecule has 0 aromatic rings. The highest BCUT2D eigenvalue weighted by Gasteiger charge is 2.22. The van der Waals surface area contributed by atoms with Gasteiger partial charge in [-0.05, 0) is 50.6 Å². The Balaban J connectivity index is 0.00000128. The number of nitrogens with zero attached hydrogens (tertiary/aromatic N) is 1. The van der Waals surface area contributed by atoms with E-state index in [-0.39, 0.29) is 12.4 Å². The third kappa shape index (κ3) is 4.21. The molecular weight excluding hydrogens is 224 g/mol. The summed E-state index contributed by atoms with van der Waals surface area (Å²) in [6.45, 7) is 6.53. The monoisotopic (exact) mass is 248 g/mol. The molecule has 16 heavy (non-hydrogen) atoms. The van der Waals surface area contributed by atoms with Gasteiger partial charge in [-0.3, -0.25) is 0 Å². The summed E-state index contributed by atoms with van der Waals surface area (Å²) >= 11 is 0. The van der Waals surface area contributed by atoms with Gasteiger partial charge >= 0.3 is 0 Å². The van der Waals surface area contributed by atoms with E-state index in [0.717, 1.165) is 31.6 Å². The van der Waals surface area contributed by atoms with E-state index in [2.05, 4.69) is 4.90 Å². The number of likely N-dealkylation sites (tertiary alicyclic amines) is 1. The molecule has 0 bridgehead atoms. The molecule has 0 aromatic carbocycles. The summed E-state index contributed by atoms with van der Waals surface area (Å²) in [5.74, 6) is 1.51. The number of hydrogen-bond donors (Lipinski definition) is 1. The van der Waals surface area contributed by atoms with E-state index in [1.807, 2.05) is 0 Å². The van der Waals surface area contributed by atoms with Gasteiger partial charge in [-0.1, -0.05) is 0 Å². The van der Waals surface area contributed by atoms with Crippen LogP contribution in [0.5, 0.6) is 0 Å². The minimum Gasteiger partial charge on any atom is -0.381 e. The normalized spacial score (nSPS) is 32.1. The fourth-order valence-electron chi connectivity index (χ4n) is 2.83. The SMILES string of the molecule is Cl.NCC1CCCN(CC2CCCOC2)C1. The first kappa shape index (κ1) is 14.2. The van der Waals surface area contributed by atoms with E-state index in [4.69, 9.17) is 10.5 Å². The van der Waals surface area contributed by atoms with Crippen molar-refractivity contribution in [3.63, 3.8) is 0 Å². The van der Waals surface area contributed by atoms with Crippen molar-refractivity contribution < 1.29 is 4.74 Å². The Bertz CT molecular complexity index is 186. The van der Waals surface area contributed by atoms with Gasteiger partial charge in [-0.15, -0.1) is 12.4 Å². The molecule has 2 fully saturated rings. The maximum atomic E-state index is 5.75. The maximum Gasteiger partial charge on any atom is 0.0506 e. The van der Waals surface area contributed by atoms with Crippen LogP contribution < -0.4 is 5.73 Å². The summed E-state index contributed by atoms with van der Waals surface area (Å²) in [7, 11) is 0. The second-order valence-corrected chi connectivity index (χ2v) is 5.09. The Hall–Kier alpha value is 0.170. The van der Waals surface area contributed by atoms with E-state index >= 15 is 0 Å². The van der Waals surface area contributed by atoms with Gasteiger partial charge in [0.1, 0.15) is 0 Å². The molecule has 96 valence electrons. The predicted molar refractivity (Wildman–Crippen MR) is 69.0 cm³/mol. The molecule has 0 aliphatic carbocycles. The molecule has 0 radical (unpaired) electrons. The molecule has 2 N–H and O–H groups in total. The highest BCUT2D eigenvalue weighted by Crippen LogP contribution is 2.20. The topological polar surface area (TPSA) is 38.5 Å². The summed E-state index contributed by atoms with van der Waals surface area (Å²) < 4.78 is 5.53. The van der Waals surface area contributed by atoms with Gasteiger partial charge in [-0.2, -0.15) is 0 Å². The van der Waals surface area contributed by atoms with E-state index in [9.17, 15) is 0 Å². The first-order valence-electron chi connectivity index (χ1n) is 6.38. The fourth-order valence-corrected chi connectivity index (χ4v) is 2.83. The van der Waals surface area contributed by atoms with Gasteiger partial charge in [0.15, 0.2) is 0 Å². The largest absolute Gasteiger partial charge is 0.381 e. The third-order valence-corrected chi connectivity index (χ3v) is 3.71. The smallest absolute Gasteiger partial charge is 0.0506 e. The molecule has 0 amide bonds. The van der Waals surface area contributed by atoms with Crippen LogP contribution in [0.3, 0.4) is 0 Å². The summed E-state index contributed by atoms with van der Waals surface area (Å²) in [4.78, 5) is 2.60. The molecule has 2 unspecified atom stereocenters. The van der Waals surface area contributed by atoms with Crippen molar-refractivity contribution in [1.29, 1.82) is 0 Å². The van der Waals surface area contributed by atoms with Crippen LogP contribution in [0.15, 0.2) is 0 Å². The number of halogens is 1. The van der Waals surface area contributed by atoms with Crippen molar-refractivity contribution in [3.05, 3.63) is 0 Å². The number of rotatable bonds is 3. The van der Waals surface area contributed by atoms with Crippen LogP contribution in [0.2, 0.25) is 0 Å². The van der Waals surface area contributed by atoms with Gasteiger partial charge in [-0.25, -0.2) is 0 Å². The van der Waals surface area contributed by atoms with Gasteiger partial charge in [0.05, 0.1) is 6.61 Å². The van der Waals surface area contributed by atoms with Crippen molar-refractivity contribution in [2.45, 2.75) is 25.7 Å². The number of ether oxygens (including phenoxy) is 1. The minimum atomic E-state index is 0. The standard InChI is InChI=1S/C12H24N2O.ClH/c13-7-11-3-1-5-14(8-11)9-12-4-2-6-15-10-12;/h11-12H,1-10,13H2;1H. The van der Waals surface area contributed by atoms with Crippen LogP contribution in [0.4, 0.5) is 0 Å².